The molecule has 0 fully saturated rings. The Bertz CT molecular complexity index is 1170. The maximum Gasteiger partial charge on any atom is 0.337 e. The fourth-order valence-electron chi connectivity index (χ4n) is 2.77. The number of methoxy groups -OCH3 is 1. The van der Waals surface area contributed by atoms with Gasteiger partial charge in [0.25, 0.3) is 0 Å². The number of carbonyl (C=O) groups excluding carboxylic acids is 1. The number of ether oxygens (including phenoxy) is 1. The molecule has 0 unspecified atom stereocenters. The van der Waals surface area contributed by atoms with Crippen LogP contribution in [0.4, 0.5) is 11.4 Å². The number of benzene rings is 2. The van der Waals surface area contributed by atoms with E-state index in [1.807, 2.05) is 42.6 Å². The number of rotatable bonds is 4. The van der Waals surface area contributed by atoms with Gasteiger partial charge in [-0.3, -0.25) is 4.98 Å². The van der Waals surface area contributed by atoms with E-state index in [4.69, 9.17) is 17.0 Å². The van der Waals surface area contributed by atoms with Gasteiger partial charge in [-0.25, -0.2) is 9.78 Å². The van der Waals surface area contributed by atoms with Crippen LogP contribution in [0.5, 0.6) is 0 Å². The first-order valence-electron chi connectivity index (χ1n) is 8.70. The lowest BCUT2D eigenvalue weighted by molar-refractivity contribution is 0.0601. The standard InChI is InChI=1S/C21H16N4O2S2/c1-27-20(26)14-5-3-7-16(11-14)24-21(28)23-15-6-2-4-13(10-15)19-25-17-8-9-22-12-18(17)29-19/h2-12H,1H3,(H2,23,24,28). The summed E-state index contributed by atoms with van der Waals surface area (Å²) >= 11 is 7.00. The van der Waals surface area contributed by atoms with Crippen molar-refractivity contribution in [3.05, 3.63) is 72.6 Å². The topological polar surface area (TPSA) is 76.1 Å². The molecule has 0 saturated carbocycles. The summed E-state index contributed by atoms with van der Waals surface area (Å²) in [5.41, 5.74) is 3.90. The molecule has 2 N–H and O–H groups in total. The van der Waals surface area contributed by atoms with E-state index < -0.39 is 5.97 Å². The quantitative estimate of drug-likeness (QED) is 0.357. The molecule has 0 aliphatic heterocycles. The molecule has 0 atom stereocenters. The number of thiocarbonyl (C=S) groups is 1. The van der Waals surface area contributed by atoms with E-state index in [-0.39, 0.29) is 0 Å². The third kappa shape index (κ3) is 4.39. The zero-order valence-electron chi connectivity index (χ0n) is 15.4. The van der Waals surface area contributed by atoms with E-state index in [0.29, 0.717) is 16.4 Å². The summed E-state index contributed by atoms with van der Waals surface area (Å²) in [4.78, 5) is 20.5. The molecule has 0 amide bonds. The first-order valence-corrected chi connectivity index (χ1v) is 9.92. The molecule has 0 aliphatic rings. The summed E-state index contributed by atoms with van der Waals surface area (Å²) in [6.45, 7) is 0. The number of nitrogens with one attached hydrogen (secondary N) is 2. The number of aromatic nitrogens is 2. The van der Waals surface area contributed by atoms with Gasteiger partial charge in [-0.1, -0.05) is 18.2 Å². The summed E-state index contributed by atoms with van der Waals surface area (Å²) in [5, 5.41) is 7.58. The molecular formula is C21H16N4O2S2. The largest absolute Gasteiger partial charge is 0.465 e. The lowest BCUT2D eigenvalue weighted by atomic mass is 10.2. The number of anilines is 2. The van der Waals surface area contributed by atoms with Gasteiger partial charge in [-0.2, -0.15) is 0 Å². The average Bonchev–Trinajstić information content (AvgIpc) is 3.18. The number of nitrogens with zero attached hydrogens (tertiary/aromatic N) is 2. The van der Waals surface area contributed by atoms with Gasteiger partial charge in [0.05, 0.1) is 22.9 Å². The van der Waals surface area contributed by atoms with Crippen LogP contribution in [0.25, 0.3) is 20.8 Å². The van der Waals surface area contributed by atoms with E-state index >= 15 is 0 Å². The number of hydrogen-bond donors (Lipinski definition) is 2. The van der Waals surface area contributed by atoms with Gasteiger partial charge in [-0.05, 0) is 48.6 Å². The highest BCUT2D eigenvalue weighted by Gasteiger charge is 2.09. The molecule has 6 nitrogen and oxygen atoms in total. The Morgan fingerprint density at radius 3 is 2.59 bits per heavy atom. The van der Waals surface area contributed by atoms with Crippen LogP contribution in [0.2, 0.25) is 0 Å². The fourth-order valence-corrected chi connectivity index (χ4v) is 3.93. The van der Waals surface area contributed by atoms with Crippen LogP contribution in [0.15, 0.2) is 67.0 Å². The molecular weight excluding hydrogens is 404 g/mol. The van der Waals surface area contributed by atoms with Gasteiger partial charge in [0, 0.05) is 29.3 Å². The Labute approximate surface area is 176 Å². The summed E-state index contributed by atoms with van der Waals surface area (Å²) in [6.07, 6.45) is 3.56. The predicted octanol–water partition coefficient (Wildman–Crippen LogP) is 4.95. The highest BCUT2D eigenvalue weighted by atomic mass is 32.1. The highest BCUT2D eigenvalue weighted by molar-refractivity contribution is 7.80. The molecule has 4 aromatic rings. The Morgan fingerprint density at radius 2 is 1.83 bits per heavy atom. The Kier molecular flexibility index (Phi) is 5.46. The fraction of sp³-hybridized carbons (Fsp3) is 0.0476. The third-order valence-corrected chi connectivity index (χ3v) is 5.36. The summed E-state index contributed by atoms with van der Waals surface area (Å²) < 4.78 is 5.79. The number of esters is 1. The normalized spacial score (nSPS) is 10.5. The van der Waals surface area contributed by atoms with Gasteiger partial charge in [-0.15, -0.1) is 11.3 Å². The molecule has 4 rings (SSSR count). The van der Waals surface area contributed by atoms with Crippen LogP contribution < -0.4 is 10.6 Å². The molecule has 0 aliphatic carbocycles. The van der Waals surface area contributed by atoms with Gasteiger partial charge < -0.3 is 15.4 Å². The van der Waals surface area contributed by atoms with E-state index in [0.717, 1.165) is 26.5 Å². The third-order valence-electron chi connectivity index (χ3n) is 4.10. The average molecular weight is 421 g/mol. The summed E-state index contributed by atoms with van der Waals surface area (Å²) in [5.74, 6) is -0.397. The lowest BCUT2D eigenvalue weighted by Crippen LogP contribution is -2.19. The second kappa shape index (κ2) is 8.34. The molecule has 0 bridgehead atoms. The first-order chi connectivity index (χ1) is 14.1. The molecule has 2 heterocycles. The molecule has 2 aromatic heterocycles. The summed E-state index contributed by atoms with van der Waals surface area (Å²) in [7, 11) is 1.35. The minimum absolute atomic E-state index is 0.397. The van der Waals surface area contributed by atoms with Crippen molar-refractivity contribution in [1.82, 2.24) is 9.97 Å². The summed E-state index contributed by atoms with van der Waals surface area (Å²) in [6, 6.07) is 16.7. The Balaban J connectivity index is 1.49. The van der Waals surface area contributed by atoms with Crippen LogP contribution >= 0.6 is 23.6 Å². The number of pyridine rings is 1. The predicted molar refractivity (Wildman–Crippen MR) is 120 cm³/mol. The van der Waals surface area contributed by atoms with Crippen LogP contribution in [0.3, 0.4) is 0 Å². The minimum atomic E-state index is -0.397. The minimum Gasteiger partial charge on any atom is -0.465 e. The maximum absolute atomic E-state index is 11.7. The highest BCUT2D eigenvalue weighted by Crippen LogP contribution is 2.30. The van der Waals surface area contributed by atoms with Crippen LogP contribution in [-0.4, -0.2) is 28.2 Å². The van der Waals surface area contributed by atoms with Crippen molar-refractivity contribution in [2.75, 3.05) is 17.7 Å². The van der Waals surface area contributed by atoms with Gasteiger partial charge in [0.15, 0.2) is 5.11 Å². The van der Waals surface area contributed by atoms with Gasteiger partial charge in [0.2, 0.25) is 0 Å². The van der Waals surface area contributed by atoms with Crippen molar-refractivity contribution in [1.29, 1.82) is 0 Å². The van der Waals surface area contributed by atoms with E-state index in [1.165, 1.54) is 7.11 Å². The second-order valence-corrected chi connectivity index (χ2v) is 7.53. The molecule has 144 valence electrons. The van der Waals surface area contributed by atoms with Crippen LogP contribution in [0.1, 0.15) is 10.4 Å². The number of fused-ring (bicyclic) bond motifs is 1. The van der Waals surface area contributed by atoms with Gasteiger partial charge >= 0.3 is 5.97 Å². The Morgan fingerprint density at radius 1 is 1.07 bits per heavy atom. The molecule has 0 spiro atoms. The second-order valence-electron chi connectivity index (χ2n) is 6.09. The molecule has 0 saturated heterocycles. The van der Waals surface area contributed by atoms with Gasteiger partial charge in [0.1, 0.15) is 5.01 Å². The van der Waals surface area contributed by atoms with Crippen molar-refractivity contribution in [3.63, 3.8) is 0 Å². The van der Waals surface area contributed by atoms with Crippen LogP contribution in [-0.2, 0) is 4.74 Å². The SMILES string of the molecule is COC(=O)c1cccc(NC(=S)Nc2cccc(-c3nc4ccncc4s3)c2)c1. The van der Waals surface area contributed by atoms with Crippen LogP contribution in [0, 0.1) is 0 Å². The zero-order valence-corrected chi connectivity index (χ0v) is 17.0. The van der Waals surface area contributed by atoms with Crippen molar-refractivity contribution in [3.8, 4) is 10.6 Å². The Hall–Kier alpha value is -3.36. The number of hydrogen-bond acceptors (Lipinski definition) is 6. The monoisotopic (exact) mass is 420 g/mol. The zero-order chi connectivity index (χ0) is 20.2. The van der Waals surface area contributed by atoms with E-state index in [1.54, 1.807) is 35.7 Å². The molecule has 2 aromatic carbocycles. The number of thiazole rings is 1. The van der Waals surface area contributed by atoms with Crippen molar-refractivity contribution < 1.29 is 9.53 Å². The number of carbonyl (C=O) groups is 1. The van der Waals surface area contributed by atoms with Crippen molar-refractivity contribution >= 4 is 56.2 Å². The first kappa shape index (κ1) is 19.0. The van der Waals surface area contributed by atoms with Crippen molar-refractivity contribution in [2.45, 2.75) is 0 Å². The smallest absolute Gasteiger partial charge is 0.337 e. The van der Waals surface area contributed by atoms with E-state index in [2.05, 4.69) is 20.6 Å². The molecule has 29 heavy (non-hydrogen) atoms. The van der Waals surface area contributed by atoms with Crippen molar-refractivity contribution in [2.24, 2.45) is 0 Å². The molecule has 8 heteroatoms. The molecule has 0 radical (unpaired) electrons. The lowest BCUT2D eigenvalue weighted by Gasteiger charge is -2.12. The maximum atomic E-state index is 11.7. The van der Waals surface area contributed by atoms with E-state index in [9.17, 15) is 4.79 Å².